The molecule has 0 aromatic carbocycles. The summed E-state index contributed by atoms with van der Waals surface area (Å²) in [6.45, 7) is 10.8. The van der Waals surface area contributed by atoms with Gasteiger partial charge in [0.05, 0.1) is 31.8 Å². The van der Waals surface area contributed by atoms with Crippen molar-refractivity contribution < 1.29 is 38.1 Å². The molecule has 0 spiro atoms. The lowest BCUT2D eigenvalue weighted by molar-refractivity contribution is -0.168. The molecule has 0 aliphatic heterocycles. The quantitative estimate of drug-likeness (QED) is 0.328. The Bertz CT molecular complexity index is 431. The van der Waals surface area contributed by atoms with Gasteiger partial charge in [-0.2, -0.15) is 0 Å². The lowest BCUT2D eigenvalue weighted by Gasteiger charge is -2.19. The summed E-state index contributed by atoms with van der Waals surface area (Å²) in [4.78, 5) is 34.2. The van der Waals surface area contributed by atoms with Gasteiger partial charge in [0.15, 0.2) is 0 Å². The van der Waals surface area contributed by atoms with E-state index in [1.165, 1.54) is 0 Å². The van der Waals surface area contributed by atoms with Crippen molar-refractivity contribution in [1.29, 1.82) is 0 Å². The third kappa shape index (κ3) is 14.5. The molecule has 8 nitrogen and oxygen atoms in total. The van der Waals surface area contributed by atoms with Gasteiger partial charge in [0.25, 0.3) is 0 Å². The second kappa shape index (κ2) is 11.2. The van der Waals surface area contributed by atoms with Crippen molar-refractivity contribution in [3.05, 3.63) is 0 Å². The van der Waals surface area contributed by atoms with E-state index in [9.17, 15) is 14.4 Å². The van der Waals surface area contributed by atoms with E-state index in [1.807, 2.05) is 0 Å². The van der Waals surface area contributed by atoms with Gasteiger partial charge < -0.3 is 23.7 Å². The van der Waals surface area contributed by atoms with E-state index in [4.69, 9.17) is 18.9 Å². The van der Waals surface area contributed by atoms with Crippen molar-refractivity contribution in [2.24, 2.45) is 5.41 Å². The summed E-state index contributed by atoms with van der Waals surface area (Å²) in [7, 11) is 0. The molecule has 0 amide bonds. The van der Waals surface area contributed by atoms with Crippen LogP contribution in [0.4, 0.5) is 0 Å². The number of esters is 3. The van der Waals surface area contributed by atoms with E-state index in [-0.39, 0.29) is 39.6 Å². The minimum Gasteiger partial charge on any atom is -0.458 e. The smallest absolute Gasteiger partial charge is 0.339 e. The maximum atomic E-state index is 11.5. The molecular formula is C17H30O8. The van der Waals surface area contributed by atoms with E-state index in [1.54, 1.807) is 41.5 Å². The van der Waals surface area contributed by atoms with Gasteiger partial charge in [-0.1, -0.05) is 0 Å². The number of rotatable bonds is 10. The van der Waals surface area contributed by atoms with Crippen LogP contribution >= 0.6 is 0 Å². The van der Waals surface area contributed by atoms with Crippen molar-refractivity contribution >= 4 is 17.9 Å². The number of carbonyl (C=O) groups excluding carboxylic acids is 3. The molecule has 8 heteroatoms. The number of carbonyl (C=O) groups is 3. The van der Waals surface area contributed by atoms with E-state index < -0.39 is 28.9 Å². The largest absolute Gasteiger partial charge is 0.458 e. The summed E-state index contributed by atoms with van der Waals surface area (Å²) < 4.78 is 25.1. The van der Waals surface area contributed by atoms with Crippen LogP contribution in [0, 0.1) is 5.41 Å². The first kappa shape index (κ1) is 23.5. The second-order valence-corrected chi connectivity index (χ2v) is 7.32. The molecule has 0 rings (SSSR count). The number of hydrogen-bond acceptors (Lipinski definition) is 8. The highest BCUT2D eigenvalue weighted by Gasteiger charge is 2.25. The molecule has 0 aromatic rings. The van der Waals surface area contributed by atoms with Crippen LogP contribution in [0.1, 0.15) is 41.5 Å². The van der Waals surface area contributed by atoms with E-state index in [0.29, 0.717) is 0 Å². The monoisotopic (exact) mass is 362 g/mol. The van der Waals surface area contributed by atoms with Gasteiger partial charge in [0.2, 0.25) is 0 Å². The average molecular weight is 362 g/mol. The Morgan fingerprint density at radius 3 is 1.56 bits per heavy atom. The SMILES string of the molecule is CC(C)(C)OC(=O)COCCOCCOCC(=O)OC(=O)C(C)(C)C. The fraction of sp³-hybridized carbons (Fsp3) is 0.824. The standard InChI is InChI=1S/C17H30O8/c1-16(2,3)15(20)24-13(18)11-22-9-7-21-8-10-23-12-14(19)25-17(4,5)6/h7-12H2,1-6H3. The Balaban J connectivity index is 3.52. The summed E-state index contributed by atoms with van der Waals surface area (Å²) >= 11 is 0. The predicted octanol–water partition coefficient (Wildman–Crippen LogP) is 1.49. The van der Waals surface area contributed by atoms with Crippen LogP contribution in [0.25, 0.3) is 0 Å². The number of ether oxygens (including phenoxy) is 5. The highest BCUT2D eigenvalue weighted by atomic mass is 16.6. The molecule has 0 aromatic heterocycles. The predicted molar refractivity (Wildman–Crippen MR) is 88.9 cm³/mol. The Labute approximate surface area is 149 Å². The molecular weight excluding hydrogens is 332 g/mol. The van der Waals surface area contributed by atoms with Crippen LogP contribution in [0.3, 0.4) is 0 Å². The van der Waals surface area contributed by atoms with Crippen LogP contribution in [0.5, 0.6) is 0 Å². The van der Waals surface area contributed by atoms with Gasteiger partial charge >= 0.3 is 17.9 Å². The fourth-order valence-corrected chi connectivity index (χ4v) is 1.31. The first-order valence-corrected chi connectivity index (χ1v) is 8.12. The van der Waals surface area contributed by atoms with Gasteiger partial charge in [0.1, 0.15) is 18.8 Å². The molecule has 146 valence electrons. The van der Waals surface area contributed by atoms with E-state index in [2.05, 4.69) is 4.74 Å². The van der Waals surface area contributed by atoms with Gasteiger partial charge in [-0.25, -0.2) is 9.59 Å². The normalized spacial score (nSPS) is 11.9. The molecule has 0 radical (unpaired) electrons. The summed E-state index contributed by atoms with van der Waals surface area (Å²) in [5.74, 6) is -1.76. The maximum absolute atomic E-state index is 11.5. The first-order valence-electron chi connectivity index (χ1n) is 8.12. The van der Waals surface area contributed by atoms with Crippen LogP contribution in [-0.2, 0) is 38.1 Å². The highest BCUT2D eigenvalue weighted by molar-refractivity contribution is 5.88. The zero-order valence-corrected chi connectivity index (χ0v) is 16.0. The first-order chi connectivity index (χ1) is 11.4. The van der Waals surface area contributed by atoms with Crippen molar-refractivity contribution in [1.82, 2.24) is 0 Å². The summed E-state index contributed by atoms with van der Waals surface area (Å²) in [5, 5.41) is 0. The molecule has 0 unspecified atom stereocenters. The molecule has 0 aliphatic carbocycles. The third-order valence-electron chi connectivity index (χ3n) is 2.42. The molecule has 25 heavy (non-hydrogen) atoms. The van der Waals surface area contributed by atoms with Crippen LogP contribution < -0.4 is 0 Å². The minimum atomic E-state index is -0.738. The van der Waals surface area contributed by atoms with Crippen LogP contribution in [-0.4, -0.2) is 63.2 Å². The van der Waals surface area contributed by atoms with Gasteiger partial charge in [0, 0.05) is 0 Å². The van der Waals surface area contributed by atoms with Crippen molar-refractivity contribution in [2.75, 3.05) is 39.6 Å². The molecule has 0 saturated carbocycles. The Morgan fingerprint density at radius 1 is 0.680 bits per heavy atom. The topological polar surface area (TPSA) is 97.4 Å². The Hall–Kier alpha value is -1.51. The van der Waals surface area contributed by atoms with Crippen LogP contribution in [0.2, 0.25) is 0 Å². The molecule has 0 heterocycles. The zero-order chi connectivity index (χ0) is 19.5. The molecule has 0 fully saturated rings. The lowest BCUT2D eigenvalue weighted by atomic mass is 9.97. The third-order valence-corrected chi connectivity index (χ3v) is 2.42. The molecule has 0 N–H and O–H groups in total. The fourth-order valence-electron chi connectivity index (χ4n) is 1.31. The summed E-state index contributed by atoms with van der Waals surface area (Å²) in [6, 6.07) is 0. The molecule has 0 bridgehead atoms. The van der Waals surface area contributed by atoms with E-state index in [0.717, 1.165) is 0 Å². The van der Waals surface area contributed by atoms with Crippen molar-refractivity contribution in [3.63, 3.8) is 0 Å². The molecule has 0 saturated heterocycles. The van der Waals surface area contributed by atoms with Gasteiger partial charge in [-0.3, -0.25) is 4.79 Å². The number of hydrogen-bond donors (Lipinski definition) is 0. The molecule has 0 atom stereocenters. The second-order valence-electron chi connectivity index (χ2n) is 7.32. The zero-order valence-electron chi connectivity index (χ0n) is 16.0. The summed E-state index contributed by atoms with van der Waals surface area (Å²) in [6.07, 6.45) is 0. The lowest BCUT2D eigenvalue weighted by Crippen LogP contribution is -2.28. The summed E-state index contributed by atoms with van der Waals surface area (Å²) in [5.41, 5.74) is -1.27. The van der Waals surface area contributed by atoms with E-state index >= 15 is 0 Å². The van der Waals surface area contributed by atoms with Crippen molar-refractivity contribution in [3.8, 4) is 0 Å². The average Bonchev–Trinajstić information content (AvgIpc) is 2.42. The van der Waals surface area contributed by atoms with Crippen molar-refractivity contribution in [2.45, 2.75) is 47.1 Å². The maximum Gasteiger partial charge on any atom is 0.339 e. The van der Waals surface area contributed by atoms with Crippen LogP contribution in [0.15, 0.2) is 0 Å². The molecule has 0 aliphatic rings. The minimum absolute atomic E-state index is 0.134. The van der Waals surface area contributed by atoms with Gasteiger partial charge in [-0.05, 0) is 41.5 Å². The Morgan fingerprint density at radius 2 is 1.12 bits per heavy atom. The van der Waals surface area contributed by atoms with Gasteiger partial charge in [-0.15, -0.1) is 0 Å². The highest BCUT2D eigenvalue weighted by Crippen LogP contribution is 2.15. The Kier molecular flexibility index (Phi) is 10.5.